The first-order valence-electron chi connectivity index (χ1n) is 35.3. The molecule has 4 heterocycles. The molecule has 0 unspecified atom stereocenters. The van der Waals surface area contributed by atoms with E-state index in [4.69, 9.17) is 4.42 Å². The van der Waals surface area contributed by atoms with Gasteiger partial charge in [-0.3, -0.25) is 0 Å². The van der Waals surface area contributed by atoms with Crippen LogP contribution in [0.25, 0.3) is 87.0 Å². The van der Waals surface area contributed by atoms with Crippen LogP contribution in [-0.2, 0) is 27.1 Å². The van der Waals surface area contributed by atoms with Gasteiger partial charge in [0.05, 0.1) is 11.4 Å². The number of benzene rings is 12. The van der Waals surface area contributed by atoms with Crippen molar-refractivity contribution in [3.63, 3.8) is 0 Å². The summed E-state index contributed by atoms with van der Waals surface area (Å²) in [5.74, 6) is 0. The van der Waals surface area contributed by atoms with Gasteiger partial charge in [-0.15, -0.1) is 11.3 Å². The van der Waals surface area contributed by atoms with Crippen LogP contribution in [0.5, 0.6) is 0 Å². The molecule has 3 aliphatic rings. The Morgan fingerprint density at radius 2 is 0.929 bits per heavy atom. The molecule has 4 nitrogen and oxygen atoms in total. The Hall–Kier alpha value is -10.1. The second kappa shape index (κ2) is 22.4. The summed E-state index contributed by atoms with van der Waals surface area (Å²) in [4.78, 5) is 9.08. The van der Waals surface area contributed by atoms with Crippen LogP contribution in [0.15, 0.2) is 259 Å². The standard InChI is InChI=1S/C93H84BN3OS/c1-89(2,3)60-34-41-64(42-35-60)95(65-43-36-61(37-44-65)90(4,5)6)67-47-48-76-70(51-67)71-52-72-73-53-74-68-32-24-25-33-82(68)98-87(74)86-85(73)94(97(80(72)55-77(71)93(76,13)14)66-45-38-62(39-46-66)91(7,8)9)78-56-83-75(84(58-28-20-16-21-29-58)88(99-83)59-30-22-17-23-31-59)54-81(78)96(86)79-49-40-63(92(10,11)12)50-69(79)57-26-18-15-19-27-57/h15-56H,1-14H3. The Bertz CT molecular complexity index is 5480. The maximum absolute atomic E-state index is 7.58. The molecule has 1 aliphatic carbocycles. The monoisotopic (exact) mass is 1300 g/mol. The molecule has 14 aromatic rings. The van der Waals surface area contributed by atoms with Gasteiger partial charge >= 0.3 is 6.85 Å². The zero-order valence-corrected chi connectivity index (χ0v) is 60.3. The van der Waals surface area contributed by atoms with Crippen LogP contribution < -0.4 is 25.5 Å². The molecule has 0 amide bonds. The Balaban J connectivity index is 0.991. The molecule has 2 aliphatic heterocycles. The topological polar surface area (TPSA) is 22.9 Å². The van der Waals surface area contributed by atoms with Crippen LogP contribution in [0, 0.1) is 0 Å². The van der Waals surface area contributed by atoms with E-state index < -0.39 is 0 Å². The van der Waals surface area contributed by atoms with Crippen molar-refractivity contribution in [2.75, 3.05) is 14.6 Å². The van der Waals surface area contributed by atoms with Crippen molar-refractivity contribution in [3.8, 4) is 54.9 Å². The summed E-state index contributed by atoms with van der Waals surface area (Å²) in [6, 6.07) is 97.4. The Kier molecular flexibility index (Phi) is 14.1. The molecule has 17 rings (SSSR count). The molecular weight excluding hydrogens is 1220 g/mol. The SMILES string of the molecule is CC(C)(C)c1ccc(N2B3c4cc5sc(-c6ccccc6)c(-c6ccccc6)c5cc4N(c4ccc(C(C)(C)C)cc4-c4ccccc4)c4c3c(cc3c4oc4ccccc43)-c3cc4c(cc32)C(C)(C)c2ccc(N(c3ccc(C(C)(C)C)cc3)c3ccc(C(C)(C)C)cc3)cc2-4)cc1. The number of thiophene rings is 1. The number of nitrogens with zero attached hydrogens (tertiary/aromatic N) is 3. The minimum absolute atomic E-state index is 0.0138. The van der Waals surface area contributed by atoms with Crippen molar-refractivity contribution in [1.29, 1.82) is 0 Å². The highest BCUT2D eigenvalue weighted by Gasteiger charge is 2.49. The number of rotatable bonds is 8. The van der Waals surface area contributed by atoms with Gasteiger partial charge in [-0.25, -0.2) is 0 Å². The summed E-state index contributed by atoms with van der Waals surface area (Å²) in [6.07, 6.45) is 0. The zero-order valence-electron chi connectivity index (χ0n) is 59.5. The van der Waals surface area contributed by atoms with Crippen molar-refractivity contribution in [2.24, 2.45) is 0 Å². The van der Waals surface area contributed by atoms with Crippen LogP contribution in [0.2, 0.25) is 0 Å². The van der Waals surface area contributed by atoms with E-state index in [9.17, 15) is 0 Å². The van der Waals surface area contributed by atoms with Gasteiger partial charge in [-0.2, -0.15) is 0 Å². The average molecular weight is 1300 g/mol. The molecule has 0 fully saturated rings. The summed E-state index contributed by atoms with van der Waals surface area (Å²) < 4.78 is 8.82. The van der Waals surface area contributed by atoms with Crippen LogP contribution >= 0.6 is 11.3 Å². The van der Waals surface area contributed by atoms with Crippen LogP contribution in [0.4, 0.5) is 45.5 Å². The summed E-state index contributed by atoms with van der Waals surface area (Å²) in [5.41, 5.74) is 31.4. The second-order valence-corrected chi connectivity index (χ2v) is 33.6. The summed E-state index contributed by atoms with van der Waals surface area (Å²) >= 11 is 1.91. The first-order chi connectivity index (χ1) is 47.4. The maximum atomic E-state index is 7.58. The summed E-state index contributed by atoms with van der Waals surface area (Å²) in [7, 11) is 0. The van der Waals surface area contributed by atoms with Gasteiger partial charge in [0, 0.05) is 82.0 Å². The number of hydrogen-bond donors (Lipinski definition) is 0. The van der Waals surface area contributed by atoms with Crippen molar-refractivity contribution in [1.82, 2.24) is 0 Å². The highest BCUT2D eigenvalue weighted by atomic mass is 32.1. The van der Waals surface area contributed by atoms with Gasteiger partial charge in [-0.1, -0.05) is 255 Å². The molecule has 0 bridgehead atoms. The molecule has 99 heavy (non-hydrogen) atoms. The van der Waals surface area contributed by atoms with Gasteiger partial charge in [0.1, 0.15) is 5.58 Å². The largest absolute Gasteiger partial charge is 0.454 e. The Morgan fingerprint density at radius 3 is 1.54 bits per heavy atom. The van der Waals surface area contributed by atoms with Crippen molar-refractivity contribution < 1.29 is 4.42 Å². The molecular formula is C93H84BN3OS. The number of furan rings is 1. The lowest BCUT2D eigenvalue weighted by molar-refractivity contribution is 0.590. The molecule has 0 spiro atoms. The van der Waals surface area contributed by atoms with E-state index in [1.54, 1.807) is 0 Å². The molecule has 0 saturated carbocycles. The Labute approximate surface area is 589 Å². The zero-order chi connectivity index (χ0) is 68.4. The van der Waals surface area contributed by atoms with E-state index in [0.717, 1.165) is 72.9 Å². The summed E-state index contributed by atoms with van der Waals surface area (Å²) in [5, 5.41) is 3.41. The summed E-state index contributed by atoms with van der Waals surface area (Å²) in [6.45, 7) is 32.3. The normalized spacial score (nSPS) is 14.0. The highest BCUT2D eigenvalue weighted by Crippen LogP contribution is 2.59. The fraction of sp³-hybridized carbons (Fsp3) is 0.204. The molecule has 0 radical (unpaired) electrons. The average Bonchev–Trinajstić information content (AvgIpc) is 1.66. The van der Waals surface area contributed by atoms with E-state index in [2.05, 4.69) is 366 Å². The molecule has 2 aromatic heterocycles. The lowest BCUT2D eigenvalue weighted by atomic mass is 9.43. The van der Waals surface area contributed by atoms with Crippen molar-refractivity contribution >= 4 is 107 Å². The van der Waals surface area contributed by atoms with Gasteiger partial charge < -0.3 is 19.0 Å². The van der Waals surface area contributed by atoms with Crippen LogP contribution in [0.1, 0.15) is 130 Å². The first-order valence-corrected chi connectivity index (χ1v) is 36.1. The number of fused-ring (bicyclic) bond motifs is 12. The fourth-order valence-corrected chi connectivity index (χ4v) is 17.5. The quantitative estimate of drug-likeness (QED) is 0.141. The third-order valence-electron chi connectivity index (χ3n) is 21.7. The minimum atomic E-state index is -0.358. The predicted octanol–water partition coefficient (Wildman–Crippen LogP) is 25.5. The predicted molar refractivity (Wildman–Crippen MR) is 426 cm³/mol. The number of anilines is 8. The fourth-order valence-electron chi connectivity index (χ4n) is 16.2. The molecule has 12 aromatic carbocycles. The third kappa shape index (κ3) is 10.1. The lowest BCUT2D eigenvalue weighted by Crippen LogP contribution is -2.61. The van der Waals surface area contributed by atoms with Gasteiger partial charge in [0.2, 0.25) is 0 Å². The lowest BCUT2D eigenvalue weighted by Gasteiger charge is -2.46. The van der Waals surface area contributed by atoms with E-state index in [-0.39, 0.29) is 33.9 Å². The van der Waals surface area contributed by atoms with Gasteiger partial charge in [0.25, 0.3) is 0 Å². The number of para-hydroxylation sites is 1. The third-order valence-corrected chi connectivity index (χ3v) is 22.9. The molecule has 0 atom stereocenters. The van der Waals surface area contributed by atoms with E-state index >= 15 is 0 Å². The molecule has 0 N–H and O–H groups in total. The Morgan fingerprint density at radius 1 is 0.394 bits per heavy atom. The van der Waals surface area contributed by atoms with Crippen molar-refractivity contribution in [3.05, 3.63) is 288 Å². The smallest absolute Gasteiger partial charge is 0.333 e. The molecule has 0 saturated heterocycles. The van der Waals surface area contributed by atoms with Gasteiger partial charge in [-0.05, 0) is 196 Å². The minimum Gasteiger partial charge on any atom is -0.454 e. The van der Waals surface area contributed by atoms with E-state index in [0.29, 0.717) is 0 Å². The van der Waals surface area contributed by atoms with Crippen molar-refractivity contribution in [2.45, 2.75) is 124 Å². The first kappa shape index (κ1) is 62.4. The maximum Gasteiger partial charge on any atom is 0.333 e. The molecule has 486 valence electrons. The van der Waals surface area contributed by atoms with Crippen LogP contribution in [0.3, 0.4) is 0 Å². The number of hydrogen-bond acceptors (Lipinski definition) is 5. The molecule has 6 heteroatoms. The van der Waals surface area contributed by atoms with E-state index in [1.165, 1.54) is 104 Å². The highest BCUT2D eigenvalue weighted by molar-refractivity contribution is 7.23. The van der Waals surface area contributed by atoms with Gasteiger partial charge in [0.15, 0.2) is 5.58 Å². The van der Waals surface area contributed by atoms with E-state index in [1.807, 2.05) is 11.3 Å². The second-order valence-electron chi connectivity index (χ2n) is 32.6. The van der Waals surface area contributed by atoms with Crippen LogP contribution in [-0.4, -0.2) is 6.85 Å².